The minimum absolute atomic E-state index is 0.0104. The van der Waals surface area contributed by atoms with Crippen LogP contribution in [0.5, 0.6) is 0 Å². The molecule has 0 saturated heterocycles. The van der Waals surface area contributed by atoms with Gasteiger partial charge in [-0.3, -0.25) is 14.2 Å². The number of anilines is 1. The highest BCUT2D eigenvalue weighted by atomic mass is 32.2. The number of rotatable bonds is 1. The summed E-state index contributed by atoms with van der Waals surface area (Å²) in [6, 6.07) is 0. The molecule has 0 unspecified atom stereocenters. The molecule has 1 N–H and O–H groups in total. The Morgan fingerprint density at radius 2 is 2.22 bits per heavy atom. The van der Waals surface area contributed by atoms with Crippen molar-refractivity contribution in [3.05, 3.63) is 29.7 Å². The van der Waals surface area contributed by atoms with Gasteiger partial charge in [-0.05, 0) is 0 Å². The summed E-state index contributed by atoms with van der Waals surface area (Å²) in [7, 11) is 3.72. The van der Waals surface area contributed by atoms with Crippen molar-refractivity contribution in [3.8, 4) is 0 Å². The van der Waals surface area contributed by atoms with Gasteiger partial charge in [-0.15, -0.1) is 11.8 Å². The topological polar surface area (TPSA) is 64.7 Å². The molecule has 1 atom stereocenters. The molecule has 18 heavy (non-hydrogen) atoms. The predicted octanol–water partition coefficient (Wildman–Crippen LogP) is 0.928. The van der Waals surface area contributed by atoms with E-state index in [4.69, 9.17) is 0 Å². The van der Waals surface area contributed by atoms with Gasteiger partial charge < -0.3 is 5.32 Å². The van der Waals surface area contributed by atoms with Crippen LogP contribution in [-0.2, 0) is 18.9 Å². The third-order valence-corrected chi connectivity index (χ3v) is 4.20. The summed E-state index contributed by atoms with van der Waals surface area (Å²) in [6.07, 6.45) is 5.63. The van der Waals surface area contributed by atoms with Gasteiger partial charge >= 0.3 is 0 Å². The molecule has 2 aromatic heterocycles. The molecule has 3 heterocycles. The Labute approximate surface area is 108 Å². The van der Waals surface area contributed by atoms with Gasteiger partial charge in [0.05, 0.1) is 23.4 Å². The maximum absolute atomic E-state index is 11.7. The average molecular weight is 263 g/mol. The van der Waals surface area contributed by atoms with Crippen molar-refractivity contribution in [3.63, 3.8) is 0 Å². The van der Waals surface area contributed by atoms with Crippen molar-refractivity contribution in [1.82, 2.24) is 19.6 Å². The first-order valence-corrected chi connectivity index (χ1v) is 6.62. The molecule has 0 aromatic carbocycles. The lowest BCUT2D eigenvalue weighted by atomic mass is 10.1. The van der Waals surface area contributed by atoms with Crippen LogP contribution < -0.4 is 5.32 Å². The normalized spacial score (nSPS) is 19.2. The zero-order chi connectivity index (χ0) is 12.7. The quantitative estimate of drug-likeness (QED) is 0.831. The summed E-state index contributed by atoms with van der Waals surface area (Å²) in [6.45, 7) is 0. The van der Waals surface area contributed by atoms with Crippen molar-refractivity contribution >= 4 is 23.5 Å². The second kappa shape index (κ2) is 4.16. The fraction of sp³-hybridized carbons (Fsp3) is 0.364. The van der Waals surface area contributed by atoms with E-state index in [0.717, 1.165) is 16.9 Å². The lowest BCUT2D eigenvalue weighted by Crippen LogP contribution is -2.15. The van der Waals surface area contributed by atoms with Crippen molar-refractivity contribution in [2.24, 2.45) is 14.1 Å². The van der Waals surface area contributed by atoms with E-state index >= 15 is 0 Å². The Balaban J connectivity index is 2.08. The van der Waals surface area contributed by atoms with E-state index in [1.807, 2.05) is 32.7 Å². The minimum Gasteiger partial charge on any atom is -0.310 e. The van der Waals surface area contributed by atoms with E-state index in [-0.39, 0.29) is 11.2 Å². The standard InChI is InChI=1S/C11H13N5OS/c1-15-5-7(3-12-15)10-8-4-13-16(2)11(8)14-9(17)6-18-10/h3-5,10H,6H2,1-2H3,(H,14,17)/t10-/m1/s1. The Bertz CT molecular complexity index is 602. The first kappa shape index (κ1) is 11.3. The fourth-order valence-corrected chi connectivity index (χ4v) is 3.12. The molecule has 0 bridgehead atoms. The monoisotopic (exact) mass is 263 g/mol. The van der Waals surface area contributed by atoms with Crippen LogP contribution in [0.4, 0.5) is 5.82 Å². The number of carbonyl (C=O) groups excluding carboxylic acids is 1. The van der Waals surface area contributed by atoms with E-state index in [9.17, 15) is 4.79 Å². The zero-order valence-electron chi connectivity index (χ0n) is 10.1. The van der Waals surface area contributed by atoms with E-state index in [1.54, 1.807) is 21.1 Å². The molecule has 2 aromatic rings. The third-order valence-electron chi connectivity index (χ3n) is 2.92. The van der Waals surface area contributed by atoms with Crippen LogP contribution in [0.25, 0.3) is 0 Å². The second-order valence-electron chi connectivity index (χ2n) is 4.26. The van der Waals surface area contributed by atoms with Crippen LogP contribution in [0.2, 0.25) is 0 Å². The summed E-state index contributed by atoms with van der Waals surface area (Å²) >= 11 is 1.60. The lowest BCUT2D eigenvalue weighted by Gasteiger charge is -2.10. The second-order valence-corrected chi connectivity index (χ2v) is 5.35. The van der Waals surface area contributed by atoms with Crippen LogP contribution in [0.3, 0.4) is 0 Å². The molecule has 0 aliphatic carbocycles. The van der Waals surface area contributed by atoms with Crippen LogP contribution in [-0.4, -0.2) is 31.2 Å². The Kier molecular flexibility index (Phi) is 2.62. The summed E-state index contributed by atoms with van der Waals surface area (Å²) in [4.78, 5) is 11.7. The van der Waals surface area contributed by atoms with Gasteiger partial charge in [-0.25, -0.2) is 0 Å². The van der Waals surface area contributed by atoms with Crippen molar-refractivity contribution in [2.45, 2.75) is 5.25 Å². The lowest BCUT2D eigenvalue weighted by molar-refractivity contribution is -0.113. The number of aromatic nitrogens is 4. The summed E-state index contributed by atoms with van der Waals surface area (Å²) in [5, 5.41) is 11.4. The largest absolute Gasteiger partial charge is 0.310 e. The number of amides is 1. The van der Waals surface area contributed by atoms with Gasteiger partial charge in [-0.1, -0.05) is 0 Å². The first-order valence-electron chi connectivity index (χ1n) is 5.57. The van der Waals surface area contributed by atoms with Gasteiger partial charge in [0.2, 0.25) is 5.91 Å². The predicted molar refractivity (Wildman–Crippen MR) is 69.3 cm³/mol. The number of fused-ring (bicyclic) bond motifs is 1. The molecule has 3 rings (SSSR count). The van der Waals surface area contributed by atoms with E-state index in [1.165, 1.54) is 0 Å². The molecule has 6 nitrogen and oxygen atoms in total. The first-order chi connectivity index (χ1) is 8.65. The third kappa shape index (κ3) is 1.80. The molecule has 0 radical (unpaired) electrons. The molecule has 94 valence electrons. The average Bonchev–Trinajstić information content (AvgIpc) is 2.85. The molecular weight excluding hydrogens is 250 g/mol. The maximum atomic E-state index is 11.7. The smallest absolute Gasteiger partial charge is 0.235 e. The molecule has 1 amide bonds. The summed E-state index contributed by atoms with van der Waals surface area (Å²) < 4.78 is 3.47. The summed E-state index contributed by atoms with van der Waals surface area (Å²) in [5.41, 5.74) is 2.12. The maximum Gasteiger partial charge on any atom is 0.235 e. The van der Waals surface area contributed by atoms with Crippen LogP contribution in [0.15, 0.2) is 18.6 Å². The van der Waals surface area contributed by atoms with Crippen LogP contribution in [0.1, 0.15) is 16.4 Å². The van der Waals surface area contributed by atoms with E-state index in [0.29, 0.717) is 5.75 Å². The van der Waals surface area contributed by atoms with Gasteiger partial charge in [0.15, 0.2) is 0 Å². The van der Waals surface area contributed by atoms with Crippen LogP contribution >= 0.6 is 11.8 Å². The number of thioether (sulfide) groups is 1. The number of hydrogen-bond acceptors (Lipinski definition) is 4. The molecule has 0 spiro atoms. The van der Waals surface area contributed by atoms with Gasteiger partial charge in [0.1, 0.15) is 5.82 Å². The van der Waals surface area contributed by atoms with Crippen LogP contribution in [0, 0.1) is 0 Å². The number of nitrogens with zero attached hydrogens (tertiary/aromatic N) is 4. The number of hydrogen-bond donors (Lipinski definition) is 1. The number of nitrogens with one attached hydrogen (secondary N) is 1. The molecular formula is C11H13N5OS. The summed E-state index contributed by atoms with van der Waals surface area (Å²) in [5.74, 6) is 1.23. The van der Waals surface area contributed by atoms with Gasteiger partial charge in [-0.2, -0.15) is 10.2 Å². The van der Waals surface area contributed by atoms with Crippen molar-refractivity contribution in [2.75, 3.05) is 11.1 Å². The highest BCUT2D eigenvalue weighted by molar-refractivity contribution is 8.00. The van der Waals surface area contributed by atoms with Crippen molar-refractivity contribution < 1.29 is 4.79 Å². The number of carbonyl (C=O) groups is 1. The Morgan fingerprint density at radius 3 is 2.94 bits per heavy atom. The molecule has 1 aliphatic rings. The molecule has 0 saturated carbocycles. The Morgan fingerprint density at radius 1 is 1.39 bits per heavy atom. The Hall–Kier alpha value is -1.76. The number of aryl methyl sites for hydroxylation is 2. The fourth-order valence-electron chi connectivity index (χ4n) is 2.07. The molecule has 0 fully saturated rings. The highest BCUT2D eigenvalue weighted by Crippen LogP contribution is 2.40. The minimum atomic E-state index is 0.0104. The van der Waals surface area contributed by atoms with E-state index < -0.39 is 0 Å². The molecule has 7 heteroatoms. The highest BCUT2D eigenvalue weighted by Gasteiger charge is 2.27. The van der Waals surface area contributed by atoms with E-state index in [2.05, 4.69) is 15.5 Å². The molecule has 1 aliphatic heterocycles. The van der Waals surface area contributed by atoms with Gasteiger partial charge in [0.25, 0.3) is 0 Å². The van der Waals surface area contributed by atoms with Crippen molar-refractivity contribution in [1.29, 1.82) is 0 Å². The SMILES string of the molecule is Cn1cc([C@H]2SCC(=O)Nc3c2cnn3C)cn1. The van der Waals surface area contributed by atoms with Gasteiger partial charge in [0, 0.05) is 31.4 Å². The zero-order valence-corrected chi connectivity index (χ0v) is 10.9.